The fourth-order valence-electron chi connectivity index (χ4n) is 2.70. The monoisotopic (exact) mass is 365 g/mol. The van der Waals surface area contributed by atoms with E-state index in [4.69, 9.17) is 0 Å². The van der Waals surface area contributed by atoms with Crippen LogP contribution in [0.15, 0.2) is 60.7 Å². The van der Waals surface area contributed by atoms with Gasteiger partial charge in [-0.25, -0.2) is 9.37 Å². The Hall–Kier alpha value is -3.28. The molecule has 0 spiro atoms. The van der Waals surface area contributed by atoms with Crippen molar-refractivity contribution in [2.75, 3.05) is 5.32 Å². The zero-order chi connectivity index (χ0) is 19.4. The number of nitrogens with one attached hydrogen (secondary N) is 2. The van der Waals surface area contributed by atoms with Crippen molar-refractivity contribution in [3.63, 3.8) is 0 Å². The van der Waals surface area contributed by atoms with Crippen LogP contribution in [0.25, 0.3) is 10.9 Å². The van der Waals surface area contributed by atoms with Gasteiger partial charge in [0.1, 0.15) is 17.7 Å². The van der Waals surface area contributed by atoms with Crippen molar-refractivity contribution in [3.05, 3.63) is 72.0 Å². The number of nitrogens with zero attached hydrogens (tertiary/aromatic N) is 1. The Labute approximate surface area is 156 Å². The molecule has 1 atom stereocenters. The number of anilines is 1. The highest BCUT2D eigenvalue weighted by atomic mass is 19.1. The van der Waals surface area contributed by atoms with Gasteiger partial charge in [-0.2, -0.15) is 0 Å². The molecule has 0 aliphatic rings. The summed E-state index contributed by atoms with van der Waals surface area (Å²) in [5.74, 6) is -0.944. The van der Waals surface area contributed by atoms with Crippen LogP contribution in [0.3, 0.4) is 0 Å². The highest BCUT2D eigenvalue weighted by molar-refractivity contribution is 6.01. The van der Waals surface area contributed by atoms with Gasteiger partial charge in [0.15, 0.2) is 0 Å². The van der Waals surface area contributed by atoms with Crippen molar-refractivity contribution >= 4 is 28.5 Å². The smallest absolute Gasteiger partial charge is 0.251 e. The molecule has 0 fully saturated rings. The molecular weight excluding hydrogens is 345 g/mol. The van der Waals surface area contributed by atoms with E-state index in [0.717, 1.165) is 10.9 Å². The number of hydrogen-bond donors (Lipinski definition) is 2. The van der Waals surface area contributed by atoms with Crippen LogP contribution in [0.2, 0.25) is 0 Å². The second-order valence-electron chi connectivity index (χ2n) is 6.58. The number of halogens is 1. The second-order valence-corrected chi connectivity index (χ2v) is 6.58. The quantitative estimate of drug-likeness (QED) is 0.723. The van der Waals surface area contributed by atoms with E-state index in [0.29, 0.717) is 11.4 Å². The first-order chi connectivity index (χ1) is 12.9. The summed E-state index contributed by atoms with van der Waals surface area (Å²) in [6, 6.07) is 15.6. The number of carbonyl (C=O) groups is 2. The van der Waals surface area contributed by atoms with Gasteiger partial charge in [-0.15, -0.1) is 0 Å². The summed E-state index contributed by atoms with van der Waals surface area (Å²) in [6.45, 7) is 3.67. The Kier molecular flexibility index (Phi) is 5.45. The first kappa shape index (κ1) is 18.5. The van der Waals surface area contributed by atoms with Gasteiger partial charge in [0.25, 0.3) is 5.91 Å². The van der Waals surface area contributed by atoms with Crippen molar-refractivity contribution in [2.45, 2.75) is 19.9 Å². The fourth-order valence-corrected chi connectivity index (χ4v) is 2.70. The van der Waals surface area contributed by atoms with Gasteiger partial charge in [-0.1, -0.05) is 32.0 Å². The number of hydrogen-bond acceptors (Lipinski definition) is 3. The minimum atomic E-state index is -0.754. The lowest BCUT2D eigenvalue weighted by Crippen LogP contribution is -2.47. The molecule has 0 aliphatic heterocycles. The molecule has 3 rings (SSSR count). The summed E-state index contributed by atoms with van der Waals surface area (Å²) in [7, 11) is 0. The van der Waals surface area contributed by atoms with E-state index in [-0.39, 0.29) is 11.8 Å². The number of rotatable bonds is 5. The predicted molar refractivity (Wildman–Crippen MR) is 103 cm³/mol. The van der Waals surface area contributed by atoms with Crippen molar-refractivity contribution in [1.29, 1.82) is 0 Å². The van der Waals surface area contributed by atoms with E-state index in [2.05, 4.69) is 15.6 Å². The lowest BCUT2D eigenvalue weighted by molar-refractivity contribution is -0.118. The van der Waals surface area contributed by atoms with Crippen LogP contribution in [0, 0.1) is 11.7 Å². The van der Waals surface area contributed by atoms with E-state index in [1.807, 2.05) is 44.2 Å². The Morgan fingerprint density at radius 2 is 1.67 bits per heavy atom. The molecule has 5 nitrogen and oxygen atoms in total. The van der Waals surface area contributed by atoms with E-state index in [1.165, 1.54) is 24.3 Å². The molecule has 0 radical (unpaired) electrons. The molecule has 0 saturated carbocycles. The maximum atomic E-state index is 13.0. The number of amides is 2. The van der Waals surface area contributed by atoms with Gasteiger partial charge in [-0.05, 0) is 48.4 Å². The molecule has 1 heterocycles. The van der Waals surface area contributed by atoms with Crippen LogP contribution in [0.5, 0.6) is 0 Å². The van der Waals surface area contributed by atoms with Crippen LogP contribution in [0.1, 0.15) is 24.2 Å². The van der Waals surface area contributed by atoms with Crippen molar-refractivity contribution < 1.29 is 14.0 Å². The number of para-hydroxylation sites is 1. The van der Waals surface area contributed by atoms with Crippen LogP contribution in [-0.4, -0.2) is 22.8 Å². The second kappa shape index (κ2) is 7.95. The third-order valence-corrected chi connectivity index (χ3v) is 4.19. The van der Waals surface area contributed by atoms with Gasteiger partial charge in [0.2, 0.25) is 5.91 Å². The summed E-state index contributed by atoms with van der Waals surface area (Å²) in [5, 5.41) is 6.44. The Morgan fingerprint density at radius 3 is 2.37 bits per heavy atom. The minimum absolute atomic E-state index is 0.144. The highest BCUT2D eigenvalue weighted by Crippen LogP contribution is 2.15. The number of benzene rings is 2. The average molecular weight is 365 g/mol. The standard InChI is InChI=1S/C21H20FN3O2/c1-13(2)19(25-20(26)15-7-10-16(22)11-8-15)21(27)24-18-12-9-14-5-3-4-6-17(14)23-18/h3-13,19H,1-2H3,(H,25,26)(H,23,24,27)/t19-/m0/s1. The topological polar surface area (TPSA) is 71.1 Å². The maximum Gasteiger partial charge on any atom is 0.251 e. The predicted octanol–water partition coefficient (Wildman–Crippen LogP) is 3.77. The van der Waals surface area contributed by atoms with Gasteiger partial charge in [-0.3, -0.25) is 9.59 Å². The van der Waals surface area contributed by atoms with Crippen LogP contribution >= 0.6 is 0 Å². The number of carbonyl (C=O) groups excluding carboxylic acids is 2. The molecule has 2 aromatic carbocycles. The summed E-state index contributed by atoms with van der Waals surface area (Å²) >= 11 is 0. The number of pyridine rings is 1. The number of fused-ring (bicyclic) bond motifs is 1. The average Bonchev–Trinajstić information content (AvgIpc) is 2.66. The van der Waals surface area contributed by atoms with Gasteiger partial charge >= 0.3 is 0 Å². The lowest BCUT2D eigenvalue weighted by Gasteiger charge is -2.21. The third kappa shape index (κ3) is 4.47. The van der Waals surface area contributed by atoms with E-state index < -0.39 is 17.8 Å². The van der Waals surface area contributed by atoms with Crippen LogP contribution < -0.4 is 10.6 Å². The number of aromatic nitrogens is 1. The molecule has 3 aromatic rings. The molecule has 0 unspecified atom stereocenters. The van der Waals surface area contributed by atoms with Crippen molar-refractivity contribution in [3.8, 4) is 0 Å². The van der Waals surface area contributed by atoms with Crippen LogP contribution in [0.4, 0.5) is 10.2 Å². The molecule has 0 aliphatic carbocycles. The largest absolute Gasteiger partial charge is 0.340 e. The molecular formula is C21H20FN3O2. The Morgan fingerprint density at radius 1 is 0.963 bits per heavy atom. The lowest BCUT2D eigenvalue weighted by atomic mass is 10.0. The third-order valence-electron chi connectivity index (χ3n) is 4.19. The molecule has 6 heteroatoms. The first-order valence-electron chi connectivity index (χ1n) is 8.67. The van der Waals surface area contributed by atoms with Gasteiger partial charge < -0.3 is 10.6 Å². The molecule has 0 saturated heterocycles. The van der Waals surface area contributed by atoms with Gasteiger partial charge in [0.05, 0.1) is 5.52 Å². The minimum Gasteiger partial charge on any atom is -0.340 e. The zero-order valence-electron chi connectivity index (χ0n) is 15.1. The Balaban J connectivity index is 1.74. The van der Waals surface area contributed by atoms with E-state index in [1.54, 1.807) is 6.07 Å². The summed E-state index contributed by atoms with van der Waals surface area (Å²) in [5.41, 5.74) is 1.06. The van der Waals surface area contributed by atoms with Gasteiger partial charge in [0, 0.05) is 10.9 Å². The first-order valence-corrected chi connectivity index (χ1v) is 8.67. The van der Waals surface area contributed by atoms with E-state index >= 15 is 0 Å². The maximum absolute atomic E-state index is 13.0. The molecule has 2 N–H and O–H groups in total. The Bertz CT molecular complexity index is 971. The van der Waals surface area contributed by atoms with Crippen molar-refractivity contribution in [2.24, 2.45) is 5.92 Å². The fraction of sp³-hybridized carbons (Fsp3) is 0.190. The summed E-state index contributed by atoms with van der Waals surface area (Å²) in [4.78, 5) is 29.5. The molecule has 138 valence electrons. The molecule has 0 bridgehead atoms. The van der Waals surface area contributed by atoms with E-state index in [9.17, 15) is 14.0 Å². The zero-order valence-corrected chi connectivity index (χ0v) is 15.1. The van der Waals surface area contributed by atoms with Crippen molar-refractivity contribution in [1.82, 2.24) is 10.3 Å². The highest BCUT2D eigenvalue weighted by Gasteiger charge is 2.25. The molecule has 27 heavy (non-hydrogen) atoms. The normalized spacial score (nSPS) is 12.0. The SMILES string of the molecule is CC(C)[C@H](NC(=O)c1ccc(F)cc1)C(=O)Nc1ccc2ccccc2n1. The van der Waals surface area contributed by atoms with Crippen LogP contribution in [-0.2, 0) is 4.79 Å². The summed E-state index contributed by atoms with van der Waals surface area (Å²) < 4.78 is 13.0. The molecule has 2 amide bonds. The summed E-state index contributed by atoms with van der Waals surface area (Å²) in [6.07, 6.45) is 0. The molecule has 1 aromatic heterocycles.